The number of halogens is 2. The second-order valence-electron chi connectivity index (χ2n) is 4.77. The van der Waals surface area contributed by atoms with E-state index in [1.165, 1.54) is 6.07 Å². The van der Waals surface area contributed by atoms with E-state index in [-0.39, 0.29) is 11.7 Å². The van der Waals surface area contributed by atoms with Gasteiger partial charge < -0.3 is 14.5 Å². The SMILES string of the molecule is CCN(CC)C(=O)C(C)n1c(=S)[nH]c2cc(I)c(F)cc21. The largest absolute Gasteiger partial charge is 0.341 e. The number of fused-ring (bicyclic) bond motifs is 1. The molecule has 1 N–H and O–H groups in total. The van der Waals surface area contributed by atoms with Gasteiger partial charge in [-0.1, -0.05) is 0 Å². The van der Waals surface area contributed by atoms with E-state index in [1.807, 2.05) is 36.4 Å². The van der Waals surface area contributed by atoms with Crippen LogP contribution in [0.5, 0.6) is 0 Å². The van der Waals surface area contributed by atoms with Crippen LogP contribution in [0.15, 0.2) is 12.1 Å². The number of amides is 1. The van der Waals surface area contributed by atoms with Gasteiger partial charge >= 0.3 is 0 Å². The van der Waals surface area contributed by atoms with Gasteiger partial charge in [-0.3, -0.25) is 4.79 Å². The van der Waals surface area contributed by atoms with Gasteiger partial charge in [0.2, 0.25) is 5.91 Å². The first-order valence-corrected chi connectivity index (χ1v) is 8.27. The van der Waals surface area contributed by atoms with Crippen LogP contribution in [0.4, 0.5) is 4.39 Å². The molecule has 0 bridgehead atoms. The molecule has 1 heterocycles. The molecule has 0 saturated heterocycles. The number of imidazole rings is 1. The Kier molecular flexibility index (Phi) is 5.03. The van der Waals surface area contributed by atoms with Crippen LogP contribution >= 0.6 is 34.8 Å². The Hall–Kier alpha value is -0.960. The van der Waals surface area contributed by atoms with Crippen molar-refractivity contribution < 1.29 is 9.18 Å². The first kappa shape index (κ1) is 16.4. The number of carbonyl (C=O) groups excluding carboxylic acids is 1. The Morgan fingerprint density at radius 1 is 1.48 bits per heavy atom. The number of aromatic nitrogens is 2. The summed E-state index contributed by atoms with van der Waals surface area (Å²) in [5, 5.41) is 0. The fourth-order valence-corrected chi connectivity index (χ4v) is 3.25. The highest BCUT2D eigenvalue weighted by Gasteiger charge is 2.22. The van der Waals surface area contributed by atoms with E-state index in [1.54, 1.807) is 22.5 Å². The van der Waals surface area contributed by atoms with E-state index in [9.17, 15) is 9.18 Å². The Bertz CT molecular complexity index is 736. The van der Waals surface area contributed by atoms with Crippen molar-refractivity contribution in [3.63, 3.8) is 0 Å². The number of hydrogen-bond acceptors (Lipinski definition) is 2. The molecule has 7 heteroatoms. The molecular weight excluding hydrogens is 404 g/mol. The lowest BCUT2D eigenvalue weighted by Crippen LogP contribution is -2.36. The second kappa shape index (κ2) is 6.43. The van der Waals surface area contributed by atoms with Gasteiger partial charge in [-0.05, 0) is 61.6 Å². The topological polar surface area (TPSA) is 41.0 Å². The van der Waals surface area contributed by atoms with Gasteiger partial charge in [-0.2, -0.15) is 0 Å². The minimum Gasteiger partial charge on any atom is -0.341 e. The number of benzene rings is 1. The summed E-state index contributed by atoms with van der Waals surface area (Å²) in [5.74, 6) is -0.329. The number of nitrogens with one attached hydrogen (secondary N) is 1. The molecule has 1 amide bonds. The lowest BCUT2D eigenvalue weighted by Gasteiger charge is -2.24. The molecule has 0 fully saturated rings. The van der Waals surface area contributed by atoms with E-state index in [0.717, 1.165) is 5.52 Å². The third kappa shape index (κ3) is 2.98. The van der Waals surface area contributed by atoms with Gasteiger partial charge in [0.05, 0.1) is 14.6 Å². The molecule has 0 aliphatic rings. The Morgan fingerprint density at radius 3 is 2.67 bits per heavy atom. The Morgan fingerprint density at radius 2 is 2.10 bits per heavy atom. The maximum absolute atomic E-state index is 13.8. The molecule has 0 spiro atoms. The molecule has 21 heavy (non-hydrogen) atoms. The van der Waals surface area contributed by atoms with Crippen LogP contribution in [-0.4, -0.2) is 33.4 Å². The smallest absolute Gasteiger partial charge is 0.245 e. The second-order valence-corrected chi connectivity index (χ2v) is 6.32. The van der Waals surface area contributed by atoms with Crippen LogP contribution in [0.25, 0.3) is 11.0 Å². The van der Waals surface area contributed by atoms with E-state index in [4.69, 9.17) is 12.2 Å². The highest BCUT2D eigenvalue weighted by Crippen LogP contribution is 2.24. The molecule has 0 aliphatic heterocycles. The summed E-state index contributed by atoms with van der Waals surface area (Å²) >= 11 is 7.24. The minimum absolute atomic E-state index is 0.0176. The lowest BCUT2D eigenvalue weighted by atomic mass is 10.2. The number of carbonyl (C=O) groups is 1. The van der Waals surface area contributed by atoms with Gasteiger partial charge in [0.15, 0.2) is 4.77 Å². The van der Waals surface area contributed by atoms with E-state index in [2.05, 4.69) is 4.98 Å². The number of likely N-dealkylation sites (N-methyl/N-ethyl adjacent to an activating group) is 1. The summed E-state index contributed by atoms with van der Waals surface area (Å²) in [6.07, 6.45) is 0. The van der Waals surface area contributed by atoms with Crippen molar-refractivity contribution in [1.82, 2.24) is 14.5 Å². The predicted octanol–water partition coefficient (Wildman–Crippen LogP) is 3.87. The molecule has 1 aromatic heterocycles. The van der Waals surface area contributed by atoms with Gasteiger partial charge in [0.25, 0.3) is 0 Å². The van der Waals surface area contributed by atoms with Crippen molar-refractivity contribution in [2.75, 3.05) is 13.1 Å². The highest BCUT2D eigenvalue weighted by molar-refractivity contribution is 14.1. The van der Waals surface area contributed by atoms with Crippen molar-refractivity contribution >= 4 is 51.7 Å². The molecule has 0 saturated carbocycles. The summed E-state index contributed by atoms with van der Waals surface area (Å²) in [6.45, 7) is 6.94. The zero-order valence-corrected chi connectivity index (χ0v) is 15.1. The molecular formula is C14H17FIN3OS. The third-order valence-corrected chi connectivity index (χ3v) is 4.70. The fraction of sp³-hybridized carbons (Fsp3) is 0.429. The average Bonchev–Trinajstić information content (AvgIpc) is 2.75. The van der Waals surface area contributed by atoms with Gasteiger partial charge in [-0.25, -0.2) is 4.39 Å². The molecule has 0 aliphatic carbocycles. The Balaban J connectivity index is 2.56. The van der Waals surface area contributed by atoms with Crippen molar-refractivity contribution in [3.05, 3.63) is 26.3 Å². The van der Waals surface area contributed by atoms with Crippen LogP contribution in [0.1, 0.15) is 26.8 Å². The van der Waals surface area contributed by atoms with E-state index in [0.29, 0.717) is 26.9 Å². The minimum atomic E-state index is -0.467. The van der Waals surface area contributed by atoms with E-state index >= 15 is 0 Å². The summed E-state index contributed by atoms with van der Waals surface area (Å²) in [6, 6.07) is 2.66. The van der Waals surface area contributed by atoms with Crippen molar-refractivity contribution in [2.45, 2.75) is 26.8 Å². The normalized spacial score (nSPS) is 12.6. The van der Waals surface area contributed by atoms with E-state index < -0.39 is 6.04 Å². The monoisotopic (exact) mass is 421 g/mol. The van der Waals surface area contributed by atoms with Gasteiger partial charge in [-0.15, -0.1) is 0 Å². The molecule has 2 rings (SSSR count). The van der Waals surface area contributed by atoms with Gasteiger partial charge in [0, 0.05) is 19.2 Å². The first-order chi connectivity index (χ1) is 9.90. The summed E-state index contributed by atoms with van der Waals surface area (Å²) in [5.41, 5.74) is 1.36. The molecule has 114 valence electrons. The summed E-state index contributed by atoms with van der Waals surface area (Å²) in [7, 11) is 0. The number of H-pyrrole nitrogens is 1. The van der Waals surface area contributed by atoms with Crippen molar-refractivity contribution in [3.8, 4) is 0 Å². The molecule has 1 unspecified atom stereocenters. The number of aromatic amines is 1. The number of rotatable bonds is 4. The van der Waals surface area contributed by atoms with Crippen LogP contribution in [0.3, 0.4) is 0 Å². The molecule has 2 aromatic rings. The highest BCUT2D eigenvalue weighted by atomic mass is 127. The molecule has 1 atom stereocenters. The van der Waals surface area contributed by atoms with Crippen LogP contribution < -0.4 is 0 Å². The standard InChI is InChI=1S/C14H17FIN3OS/c1-4-18(5-2)13(20)8(3)19-12-6-9(15)10(16)7-11(12)17-14(19)21/h6-8H,4-5H2,1-3H3,(H,17,21). The fourth-order valence-electron chi connectivity index (χ4n) is 2.42. The quantitative estimate of drug-likeness (QED) is 0.602. The molecule has 4 nitrogen and oxygen atoms in total. The zero-order chi connectivity index (χ0) is 15.7. The zero-order valence-electron chi connectivity index (χ0n) is 12.1. The number of nitrogens with zero attached hydrogens (tertiary/aromatic N) is 2. The van der Waals surface area contributed by atoms with Crippen LogP contribution in [0, 0.1) is 14.2 Å². The first-order valence-electron chi connectivity index (χ1n) is 6.78. The van der Waals surface area contributed by atoms with Crippen molar-refractivity contribution in [1.29, 1.82) is 0 Å². The maximum atomic E-state index is 13.8. The average molecular weight is 421 g/mol. The molecule has 1 aromatic carbocycles. The summed E-state index contributed by atoms with van der Waals surface area (Å²) < 4.78 is 16.5. The maximum Gasteiger partial charge on any atom is 0.245 e. The Labute approximate surface area is 141 Å². The van der Waals surface area contributed by atoms with Crippen LogP contribution in [-0.2, 0) is 4.79 Å². The molecule has 0 radical (unpaired) electrons. The predicted molar refractivity (Wildman–Crippen MR) is 92.4 cm³/mol. The van der Waals surface area contributed by atoms with Gasteiger partial charge in [0.1, 0.15) is 11.9 Å². The van der Waals surface area contributed by atoms with Crippen LogP contribution in [0.2, 0.25) is 0 Å². The lowest BCUT2D eigenvalue weighted by molar-refractivity contribution is -0.133. The number of hydrogen-bond donors (Lipinski definition) is 1. The third-order valence-electron chi connectivity index (χ3n) is 3.58. The van der Waals surface area contributed by atoms with Crippen molar-refractivity contribution in [2.24, 2.45) is 0 Å². The summed E-state index contributed by atoms with van der Waals surface area (Å²) in [4.78, 5) is 17.3.